The van der Waals surface area contributed by atoms with Crippen LogP contribution >= 0.6 is 0 Å². The van der Waals surface area contributed by atoms with Gasteiger partial charge in [0.25, 0.3) is 5.56 Å². The van der Waals surface area contributed by atoms with Crippen LogP contribution in [0.3, 0.4) is 0 Å². The molecule has 0 aliphatic carbocycles. The molecule has 2 atom stereocenters. The summed E-state index contributed by atoms with van der Waals surface area (Å²) in [6.45, 7) is 4.04. The van der Waals surface area contributed by atoms with Gasteiger partial charge in [0.15, 0.2) is 0 Å². The topological polar surface area (TPSA) is 91.7 Å². The van der Waals surface area contributed by atoms with E-state index in [0.29, 0.717) is 29.9 Å². The normalized spacial score (nSPS) is 17.8. The molecule has 5 rings (SSSR count). The van der Waals surface area contributed by atoms with Crippen molar-refractivity contribution in [1.29, 1.82) is 0 Å². The lowest BCUT2D eigenvalue weighted by atomic mass is 9.82. The van der Waals surface area contributed by atoms with E-state index in [1.54, 1.807) is 6.33 Å². The van der Waals surface area contributed by atoms with Gasteiger partial charge < -0.3 is 10.2 Å². The van der Waals surface area contributed by atoms with Crippen molar-refractivity contribution < 1.29 is 4.39 Å². The van der Waals surface area contributed by atoms with Crippen LogP contribution in [0.5, 0.6) is 0 Å². The summed E-state index contributed by atoms with van der Waals surface area (Å²) < 4.78 is 16.2. The number of halogens is 1. The highest BCUT2D eigenvalue weighted by atomic mass is 19.1. The van der Waals surface area contributed by atoms with E-state index in [1.807, 2.05) is 25.7 Å². The molecular weight excluding hydrogens is 421 g/mol. The largest absolute Gasteiger partial charge is 0.384 e. The van der Waals surface area contributed by atoms with Crippen LogP contribution in [0.1, 0.15) is 41.4 Å². The van der Waals surface area contributed by atoms with Crippen molar-refractivity contribution in [2.45, 2.75) is 31.8 Å². The summed E-state index contributed by atoms with van der Waals surface area (Å²) in [5, 5.41) is 15.7. The van der Waals surface area contributed by atoms with Crippen LogP contribution in [0.15, 0.2) is 47.5 Å². The van der Waals surface area contributed by atoms with Crippen molar-refractivity contribution in [2.75, 3.05) is 26.0 Å². The Morgan fingerprint density at radius 1 is 1.21 bits per heavy atom. The number of H-pyrrole nitrogens is 1. The van der Waals surface area contributed by atoms with Crippen LogP contribution in [0, 0.1) is 5.82 Å². The molecule has 0 spiro atoms. The lowest BCUT2D eigenvalue weighted by molar-refractivity contribution is 0.402. The van der Waals surface area contributed by atoms with Gasteiger partial charge in [-0.15, -0.1) is 0 Å². The molecule has 0 fully saturated rings. The standard InChI is InChI=1S/C24H26FN7O/c1-4-32-23(27-13-28-32)21-18(15-7-5-14(6-8-15)12-31(2)3)11-26-19-10-16(25)9-17-20(19)22(21)29-30-24(17)33/h5-10,13,18,21,26H,4,11-12H2,1-3H3,(H,30,33). The summed E-state index contributed by atoms with van der Waals surface area (Å²) in [6.07, 6.45) is 1.54. The second-order valence-electron chi connectivity index (χ2n) is 8.69. The second-order valence-corrected chi connectivity index (χ2v) is 8.69. The first-order valence-electron chi connectivity index (χ1n) is 11.0. The molecule has 2 unspecified atom stereocenters. The summed E-state index contributed by atoms with van der Waals surface area (Å²) in [6, 6.07) is 11.2. The fraction of sp³-hybridized carbons (Fsp3) is 0.333. The second kappa shape index (κ2) is 8.40. The molecule has 170 valence electrons. The zero-order valence-electron chi connectivity index (χ0n) is 18.8. The molecule has 2 aromatic carbocycles. The molecule has 0 radical (unpaired) electrons. The van der Waals surface area contributed by atoms with Gasteiger partial charge in [-0.1, -0.05) is 24.3 Å². The third-order valence-electron chi connectivity index (χ3n) is 6.22. The maximum Gasteiger partial charge on any atom is 0.272 e. The quantitative estimate of drug-likeness (QED) is 0.489. The van der Waals surface area contributed by atoms with Gasteiger partial charge in [-0.2, -0.15) is 10.2 Å². The van der Waals surface area contributed by atoms with E-state index in [4.69, 9.17) is 0 Å². The average molecular weight is 448 g/mol. The first kappa shape index (κ1) is 21.3. The number of aryl methyl sites for hydroxylation is 1. The van der Waals surface area contributed by atoms with Crippen LogP contribution in [0.2, 0.25) is 0 Å². The molecule has 8 nitrogen and oxygen atoms in total. The minimum absolute atomic E-state index is 0.0648. The molecule has 1 aliphatic heterocycles. The van der Waals surface area contributed by atoms with Gasteiger partial charge in [-0.3, -0.25) is 4.79 Å². The molecule has 0 saturated carbocycles. The van der Waals surface area contributed by atoms with Crippen molar-refractivity contribution in [1.82, 2.24) is 29.9 Å². The summed E-state index contributed by atoms with van der Waals surface area (Å²) >= 11 is 0. The Labute approximate surface area is 190 Å². The Morgan fingerprint density at radius 3 is 2.73 bits per heavy atom. The van der Waals surface area contributed by atoms with Crippen molar-refractivity contribution >= 4 is 16.5 Å². The number of anilines is 1. The van der Waals surface area contributed by atoms with Crippen LogP contribution in [0.25, 0.3) is 10.8 Å². The number of aromatic amines is 1. The Kier molecular flexibility index (Phi) is 5.41. The van der Waals surface area contributed by atoms with E-state index in [9.17, 15) is 9.18 Å². The zero-order chi connectivity index (χ0) is 23.1. The van der Waals surface area contributed by atoms with Gasteiger partial charge in [0.05, 0.1) is 17.0 Å². The number of aromatic nitrogens is 5. The van der Waals surface area contributed by atoms with Crippen molar-refractivity contribution in [3.63, 3.8) is 0 Å². The summed E-state index contributed by atoms with van der Waals surface area (Å²) in [7, 11) is 4.08. The van der Waals surface area contributed by atoms with Crippen LogP contribution in [-0.4, -0.2) is 50.5 Å². The number of rotatable bonds is 5. The molecule has 4 aromatic rings. The highest BCUT2D eigenvalue weighted by Gasteiger charge is 2.36. The van der Waals surface area contributed by atoms with Gasteiger partial charge >= 0.3 is 0 Å². The molecule has 0 saturated heterocycles. The van der Waals surface area contributed by atoms with E-state index >= 15 is 0 Å². The van der Waals surface area contributed by atoms with Crippen molar-refractivity contribution in [3.8, 4) is 0 Å². The fourth-order valence-electron chi connectivity index (χ4n) is 4.79. The highest BCUT2D eigenvalue weighted by molar-refractivity contribution is 5.96. The number of benzene rings is 2. The highest BCUT2D eigenvalue weighted by Crippen LogP contribution is 2.43. The molecular formula is C24H26FN7O. The van der Waals surface area contributed by atoms with Gasteiger partial charge in [0.2, 0.25) is 0 Å². The summed E-state index contributed by atoms with van der Waals surface area (Å²) in [5.41, 5.74) is 3.13. The Balaban J connectivity index is 1.72. The van der Waals surface area contributed by atoms with Gasteiger partial charge in [-0.05, 0) is 44.3 Å². The zero-order valence-corrected chi connectivity index (χ0v) is 18.8. The van der Waals surface area contributed by atoms with Gasteiger partial charge in [0, 0.05) is 36.6 Å². The van der Waals surface area contributed by atoms with E-state index in [2.05, 4.69) is 54.8 Å². The number of nitrogens with one attached hydrogen (secondary N) is 2. The maximum atomic E-state index is 14.4. The number of nitrogens with zero attached hydrogens (tertiary/aromatic N) is 5. The van der Waals surface area contributed by atoms with Gasteiger partial charge in [0.1, 0.15) is 18.0 Å². The Hall–Kier alpha value is -3.59. The molecule has 1 aliphatic rings. The smallest absolute Gasteiger partial charge is 0.272 e. The predicted molar refractivity (Wildman–Crippen MR) is 125 cm³/mol. The van der Waals surface area contributed by atoms with E-state index in [-0.39, 0.29) is 17.2 Å². The number of hydrogen-bond acceptors (Lipinski definition) is 6. The monoisotopic (exact) mass is 447 g/mol. The lowest BCUT2D eigenvalue weighted by Crippen LogP contribution is -2.24. The minimum Gasteiger partial charge on any atom is -0.384 e. The SMILES string of the molecule is CCn1ncnc1C1c2n[nH]c(=O)c3cc(F)cc(c23)NCC1c1ccc(CN(C)C)cc1. The summed E-state index contributed by atoms with van der Waals surface area (Å²) in [4.78, 5) is 19.3. The van der Waals surface area contributed by atoms with E-state index < -0.39 is 11.4 Å². The molecule has 3 heterocycles. The van der Waals surface area contributed by atoms with Gasteiger partial charge in [-0.25, -0.2) is 19.2 Å². The predicted octanol–water partition coefficient (Wildman–Crippen LogP) is 3.08. The third kappa shape index (κ3) is 3.78. The molecule has 33 heavy (non-hydrogen) atoms. The fourth-order valence-corrected chi connectivity index (χ4v) is 4.79. The first-order valence-corrected chi connectivity index (χ1v) is 11.0. The minimum atomic E-state index is -0.465. The van der Waals surface area contributed by atoms with Crippen LogP contribution in [-0.2, 0) is 13.1 Å². The van der Waals surface area contributed by atoms with Crippen molar-refractivity contribution in [2.24, 2.45) is 0 Å². The average Bonchev–Trinajstić information content (AvgIpc) is 3.20. The Bertz CT molecular complexity index is 1360. The summed E-state index contributed by atoms with van der Waals surface area (Å²) in [5.74, 6) is -0.0530. The van der Waals surface area contributed by atoms with E-state index in [0.717, 1.165) is 17.9 Å². The van der Waals surface area contributed by atoms with E-state index in [1.165, 1.54) is 17.7 Å². The first-order chi connectivity index (χ1) is 16.0. The van der Waals surface area contributed by atoms with Crippen LogP contribution < -0.4 is 10.9 Å². The molecule has 0 amide bonds. The van der Waals surface area contributed by atoms with Crippen LogP contribution in [0.4, 0.5) is 10.1 Å². The molecule has 9 heteroatoms. The molecule has 2 N–H and O–H groups in total. The molecule has 2 aromatic heterocycles. The Morgan fingerprint density at radius 2 is 2.00 bits per heavy atom. The molecule has 0 bridgehead atoms. The number of hydrogen-bond donors (Lipinski definition) is 2. The maximum absolute atomic E-state index is 14.4. The third-order valence-corrected chi connectivity index (χ3v) is 6.22. The lowest BCUT2D eigenvalue weighted by Gasteiger charge is -2.25. The van der Waals surface area contributed by atoms with Crippen molar-refractivity contribution in [3.05, 3.63) is 81.5 Å².